The number of nitrogens with zero attached hydrogens (tertiary/aromatic N) is 2. The van der Waals surface area contributed by atoms with Gasteiger partial charge in [0.2, 0.25) is 0 Å². The topological polar surface area (TPSA) is 50.8 Å². The molecule has 0 radical (unpaired) electrons. The summed E-state index contributed by atoms with van der Waals surface area (Å²) in [5.41, 5.74) is 1.07. The summed E-state index contributed by atoms with van der Waals surface area (Å²) < 4.78 is 5.53. The van der Waals surface area contributed by atoms with Crippen molar-refractivity contribution >= 4 is 22.4 Å². The Kier molecular flexibility index (Phi) is 2.86. The fourth-order valence-corrected chi connectivity index (χ4v) is 2.09. The summed E-state index contributed by atoms with van der Waals surface area (Å²) in [6.07, 6.45) is 1.61. The Morgan fingerprint density at radius 3 is 2.72 bits per heavy atom. The van der Waals surface area contributed by atoms with Gasteiger partial charge in [0.05, 0.1) is 6.20 Å². The molecule has 0 fully saturated rings. The Morgan fingerprint density at radius 1 is 1.11 bits per heavy atom. The van der Waals surface area contributed by atoms with Gasteiger partial charge < -0.3 is 4.74 Å². The highest BCUT2D eigenvalue weighted by atomic mass is 35.5. The number of aromatic amines is 1. The summed E-state index contributed by atoms with van der Waals surface area (Å²) in [6.45, 7) is 0.435. The van der Waals surface area contributed by atoms with Crippen molar-refractivity contribution in [3.05, 3.63) is 53.2 Å². The molecule has 0 aliphatic carbocycles. The van der Waals surface area contributed by atoms with Crippen LogP contribution < -0.4 is 4.74 Å². The smallest absolute Gasteiger partial charge is 0.253 e. The number of ether oxygens (including phenoxy) is 1. The van der Waals surface area contributed by atoms with Crippen LogP contribution in [0.1, 0.15) is 5.56 Å². The number of nitrogens with one attached hydrogen (secondary N) is 1. The maximum Gasteiger partial charge on any atom is 0.253 e. The fraction of sp³-hybridized carbons (Fsp3) is 0.0769. The van der Waals surface area contributed by atoms with Gasteiger partial charge in [-0.25, -0.2) is 0 Å². The minimum Gasteiger partial charge on any atom is -0.471 e. The van der Waals surface area contributed by atoms with Gasteiger partial charge in [0.15, 0.2) is 0 Å². The molecule has 0 aliphatic heterocycles. The number of hydrogen-bond donors (Lipinski definition) is 1. The van der Waals surface area contributed by atoms with Gasteiger partial charge in [-0.05, 0) is 17.0 Å². The van der Waals surface area contributed by atoms with Gasteiger partial charge in [-0.2, -0.15) is 0 Å². The molecule has 0 spiro atoms. The number of halogens is 1. The second-order valence-electron chi connectivity index (χ2n) is 3.85. The average molecular weight is 260 g/mol. The van der Waals surface area contributed by atoms with Crippen molar-refractivity contribution in [3.8, 4) is 5.88 Å². The maximum atomic E-state index is 6.16. The van der Waals surface area contributed by atoms with E-state index < -0.39 is 0 Å². The zero-order chi connectivity index (χ0) is 12.4. The molecule has 0 saturated heterocycles. The second-order valence-corrected chi connectivity index (χ2v) is 4.26. The van der Waals surface area contributed by atoms with Crippen LogP contribution in [0.15, 0.2) is 42.6 Å². The van der Waals surface area contributed by atoms with Gasteiger partial charge >= 0.3 is 0 Å². The van der Waals surface area contributed by atoms with Crippen LogP contribution in [0.5, 0.6) is 5.88 Å². The molecule has 0 aliphatic rings. The first-order chi connectivity index (χ1) is 8.84. The first-order valence-corrected chi connectivity index (χ1v) is 5.88. The molecule has 5 heteroatoms. The van der Waals surface area contributed by atoms with Crippen molar-refractivity contribution in [2.75, 3.05) is 0 Å². The van der Waals surface area contributed by atoms with Crippen LogP contribution in [-0.4, -0.2) is 15.4 Å². The Labute approximate surface area is 109 Å². The molecular weight excluding hydrogens is 250 g/mol. The lowest BCUT2D eigenvalue weighted by Crippen LogP contribution is -1.96. The van der Waals surface area contributed by atoms with E-state index in [1.165, 1.54) is 0 Å². The van der Waals surface area contributed by atoms with Crippen molar-refractivity contribution < 1.29 is 4.74 Å². The molecule has 1 heterocycles. The molecule has 0 unspecified atom stereocenters. The normalized spacial score (nSPS) is 10.7. The molecular formula is C13H10ClN3O. The lowest BCUT2D eigenvalue weighted by Gasteiger charge is -2.08. The van der Waals surface area contributed by atoms with E-state index in [-0.39, 0.29) is 0 Å². The number of hydrogen-bond acceptors (Lipinski definition) is 3. The predicted octanol–water partition coefficient (Wildman–Crippen LogP) is 3.19. The standard InChI is InChI=1S/C13H10ClN3O/c14-12-6-5-9(8-18-13-7-15-17-16-13)10-3-1-2-4-11(10)12/h1-7H,8H2,(H,15,16,17). The van der Waals surface area contributed by atoms with E-state index in [2.05, 4.69) is 15.4 Å². The van der Waals surface area contributed by atoms with Crippen LogP contribution in [-0.2, 0) is 6.61 Å². The van der Waals surface area contributed by atoms with E-state index in [1.54, 1.807) is 6.20 Å². The minimum atomic E-state index is 0.435. The van der Waals surface area contributed by atoms with Crippen molar-refractivity contribution in [1.29, 1.82) is 0 Å². The van der Waals surface area contributed by atoms with Crippen LogP contribution >= 0.6 is 11.6 Å². The third kappa shape index (κ3) is 2.02. The Morgan fingerprint density at radius 2 is 1.94 bits per heavy atom. The number of aromatic nitrogens is 3. The highest BCUT2D eigenvalue weighted by molar-refractivity contribution is 6.35. The third-order valence-corrected chi connectivity index (χ3v) is 3.06. The predicted molar refractivity (Wildman–Crippen MR) is 69.7 cm³/mol. The summed E-state index contributed by atoms with van der Waals surface area (Å²) in [6, 6.07) is 11.8. The molecule has 90 valence electrons. The van der Waals surface area contributed by atoms with Gasteiger partial charge in [-0.3, -0.25) is 5.10 Å². The molecule has 3 rings (SSSR count). The van der Waals surface area contributed by atoms with E-state index in [0.29, 0.717) is 12.5 Å². The highest BCUT2D eigenvalue weighted by Crippen LogP contribution is 2.26. The quantitative estimate of drug-likeness (QED) is 0.786. The summed E-state index contributed by atoms with van der Waals surface area (Å²) in [4.78, 5) is 0. The molecule has 0 saturated carbocycles. The minimum absolute atomic E-state index is 0.435. The number of rotatable bonds is 3. The largest absolute Gasteiger partial charge is 0.471 e. The summed E-state index contributed by atoms with van der Waals surface area (Å²) in [7, 11) is 0. The first-order valence-electron chi connectivity index (χ1n) is 5.50. The van der Waals surface area contributed by atoms with Crippen molar-refractivity contribution in [1.82, 2.24) is 15.4 Å². The van der Waals surface area contributed by atoms with Gasteiger partial charge in [0.25, 0.3) is 5.88 Å². The number of fused-ring (bicyclic) bond motifs is 1. The first kappa shape index (κ1) is 11.0. The fourth-order valence-electron chi connectivity index (χ4n) is 1.86. The molecule has 3 aromatic rings. The van der Waals surface area contributed by atoms with Gasteiger partial charge in [-0.1, -0.05) is 52.2 Å². The second kappa shape index (κ2) is 4.66. The molecule has 18 heavy (non-hydrogen) atoms. The van der Waals surface area contributed by atoms with Crippen LogP contribution in [0.3, 0.4) is 0 Å². The van der Waals surface area contributed by atoms with Crippen LogP contribution in [0.2, 0.25) is 5.02 Å². The zero-order valence-electron chi connectivity index (χ0n) is 9.43. The van der Waals surface area contributed by atoms with Gasteiger partial charge in [-0.15, -0.1) is 0 Å². The molecule has 1 aromatic heterocycles. The Balaban J connectivity index is 1.94. The lowest BCUT2D eigenvalue weighted by atomic mass is 10.1. The third-order valence-electron chi connectivity index (χ3n) is 2.73. The maximum absolute atomic E-state index is 6.16. The zero-order valence-corrected chi connectivity index (χ0v) is 10.2. The number of benzene rings is 2. The van der Waals surface area contributed by atoms with Crippen molar-refractivity contribution in [2.24, 2.45) is 0 Å². The summed E-state index contributed by atoms with van der Waals surface area (Å²) in [5.74, 6) is 0.481. The molecule has 0 bridgehead atoms. The average Bonchev–Trinajstić information content (AvgIpc) is 2.92. The summed E-state index contributed by atoms with van der Waals surface area (Å²) >= 11 is 6.16. The monoisotopic (exact) mass is 259 g/mol. The molecule has 0 atom stereocenters. The van der Waals surface area contributed by atoms with E-state index in [0.717, 1.165) is 21.4 Å². The van der Waals surface area contributed by atoms with Crippen LogP contribution in [0, 0.1) is 0 Å². The molecule has 1 N–H and O–H groups in total. The van der Waals surface area contributed by atoms with E-state index in [4.69, 9.17) is 16.3 Å². The lowest BCUT2D eigenvalue weighted by molar-refractivity contribution is 0.295. The Hall–Kier alpha value is -2.07. The Bertz CT molecular complexity index is 667. The van der Waals surface area contributed by atoms with Crippen LogP contribution in [0.25, 0.3) is 10.8 Å². The SMILES string of the molecule is Clc1ccc(COc2c[nH]nn2)c2ccccc12. The van der Waals surface area contributed by atoms with Gasteiger partial charge in [0.1, 0.15) is 6.61 Å². The van der Waals surface area contributed by atoms with Crippen molar-refractivity contribution in [3.63, 3.8) is 0 Å². The van der Waals surface area contributed by atoms with Crippen LogP contribution in [0.4, 0.5) is 0 Å². The van der Waals surface area contributed by atoms with E-state index in [1.807, 2.05) is 36.4 Å². The number of H-pyrrole nitrogens is 1. The van der Waals surface area contributed by atoms with E-state index >= 15 is 0 Å². The van der Waals surface area contributed by atoms with Crippen molar-refractivity contribution in [2.45, 2.75) is 6.61 Å². The molecule has 2 aromatic carbocycles. The molecule has 4 nitrogen and oxygen atoms in total. The van der Waals surface area contributed by atoms with E-state index in [9.17, 15) is 0 Å². The molecule has 0 amide bonds. The summed E-state index contributed by atoms with van der Waals surface area (Å²) in [5, 5.41) is 12.8. The van der Waals surface area contributed by atoms with Gasteiger partial charge in [0, 0.05) is 10.4 Å². The highest BCUT2D eigenvalue weighted by Gasteiger charge is 2.05.